The normalized spacial score (nSPS) is 19.5. The van der Waals surface area contributed by atoms with E-state index in [0.29, 0.717) is 32.4 Å². The van der Waals surface area contributed by atoms with Crippen molar-refractivity contribution in [3.8, 4) is 10.4 Å². The fourth-order valence-electron chi connectivity index (χ4n) is 5.65. The molecule has 3 atom stereocenters. The summed E-state index contributed by atoms with van der Waals surface area (Å²) in [7, 11) is 0. The molecule has 0 aliphatic carbocycles. The van der Waals surface area contributed by atoms with Crippen molar-refractivity contribution in [2.45, 2.75) is 84.5 Å². The molecule has 0 radical (unpaired) electrons. The van der Waals surface area contributed by atoms with Gasteiger partial charge in [-0.25, -0.2) is 4.98 Å². The van der Waals surface area contributed by atoms with Gasteiger partial charge in [0.15, 0.2) is 0 Å². The Kier molecular flexibility index (Phi) is 11.5. The second-order valence-corrected chi connectivity index (χ2v) is 13.6. The van der Waals surface area contributed by atoms with E-state index < -0.39 is 23.6 Å². The van der Waals surface area contributed by atoms with Gasteiger partial charge in [0.25, 0.3) is 0 Å². The van der Waals surface area contributed by atoms with Crippen LogP contribution in [0.1, 0.15) is 64.1 Å². The van der Waals surface area contributed by atoms with Gasteiger partial charge in [-0.2, -0.15) is 0 Å². The molecule has 2 aliphatic rings. The van der Waals surface area contributed by atoms with Gasteiger partial charge >= 0.3 is 0 Å². The number of amides is 4. The summed E-state index contributed by atoms with van der Waals surface area (Å²) in [5, 5.41) is 19.5. The van der Waals surface area contributed by atoms with Crippen molar-refractivity contribution in [1.29, 1.82) is 0 Å². The highest BCUT2D eigenvalue weighted by Gasteiger charge is 2.44. The molecule has 2 fully saturated rings. The lowest BCUT2D eigenvalue weighted by Crippen LogP contribution is -2.57. The number of aliphatic hydroxyl groups is 1. The Balaban J connectivity index is 1.30. The van der Waals surface area contributed by atoms with Crippen LogP contribution in [-0.2, 0) is 25.7 Å². The van der Waals surface area contributed by atoms with Crippen LogP contribution in [0.3, 0.4) is 0 Å². The summed E-state index contributed by atoms with van der Waals surface area (Å²) in [6, 6.07) is 6.19. The van der Waals surface area contributed by atoms with Gasteiger partial charge in [0.1, 0.15) is 12.1 Å². The molecule has 0 bridgehead atoms. The summed E-state index contributed by atoms with van der Waals surface area (Å²) in [5.41, 5.74) is 4.14. The molecule has 0 unspecified atom stereocenters. The number of aliphatic hydroxyl groups excluding tert-OH is 1. The number of nitrogens with zero attached hydrogens (tertiary/aromatic N) is 3. The Labute approximate surface area is 263 Å². The number of β-amino-alcohol motifs (C(OH)–C–C–N with tert-alkyl or cyclic N) is 1. The minimum absolute atomic E-state index is 0.0242. The zero-order chi connectivity index (χ0) is 31.9. The lowest BCUT2D eigenvalue weighted by atomic mass is 9.85. The molecule has 2 saturated heterocycles. The zero-order valence-electron chi connectivity index (χ0n) is 26.2. The average Bonchev–Trinajstić information content (AvgIpc) is 3.61. The van der Waals surface area contributed by atoms with Crippen molar-refractivity contribution >= 4 is 35.0 Å². The van der Waals surface area contributed by atoms with Crippen LogP contribution in [0, 0.1) is 12.3 Å². The molecular weight excluding hydrogens is 580 g/mol. The molecule has 1 aromatic carbocycles. The summed E-state index contributed by atoms with van der Waals surface area (Å²) in [4.78, 5) is 61.0. The molecule has 4 rings (SSSR count). The SMILES string of the molecule is Cc1ncsc1-c1ccc(CNC(=O)[C@@H]2C[C@@H](O)CN2C(=O)[C@@H](NC(=O)CCCCC(=O)N2CCNCC2)C(C)(C)C)cc1. The van der Waals surface area contributed by atoms with Gasteiger partial charge in [-0.3, -0.25) is 19.2 Å². The van der Waals surface area contributed by atoms with Crippen molar-refractivity contribution < 1.29 is 24.3 Å². The van der Waals surface area contributed by atoms with Gasteiger partial charge < -0.3 is 30.9 Å². The third-order valence-electron chi connectivity index (χ3n) is 8.23. The number of hydrogen-bond donors (Lipinski definition) is 4. The lowest BCUT2D eigenvalue weighted by Gasteiger charge is -2.35. The Morgan fingerprint density at radius 1 is 1.09 bits per heavy atom. The monoisotopic (exact) mass is 626 g/mol. The first-order valence-corrected chi connectivity index (χ1v) is 16.4. The summed E-state index contributed by atoms with van der Waals surface area (Å²) in [6.07, 6.45) is 1.02. The maximum absolute atomic E-state index is 13.8. The molecule has 44 heavy (non-hydrogen) atoms. The van der Waals surface area contributed by atoms with E-state index in [1.807, 2.05) is 62.4 Å². The fraction of sp³-hybridized carbons (Fsp3) is 0.594. The second-order valence-electron chi connectivity index (χ2n) is 12.8. The Hall–Kier alpha value is -3.35. The first kappa shape index (κ1) is 33.5. The van der Waals surface area contributed by atoms with Crippen LogP contribution in [0.25, 0.3) is 10.4 Å². The number of benzene rings is 1. The van der Waals surface area contributed by atoms with E-state index in [9.17, 15) is 24.3 Å². The molecule has 1 aromatic heterocycles. The van der Waals surface area contributed by atoms with Gasteiger partial charge in [0.2, 0.25) is 23.6 Å². The highest BCUT2D eigenvalue weighted by molar-refractivity contribution is 7.13. The van der Waals surface area contributed by atoms with Crippen LogP contribution in [0.15, 0.2) is 29.8 Å². The molecular formula is C32H46N6O5S. The molecule has 240 valence electrons. The van der Waals surface area contributed by atoms with Crippen molar-refractivity contribution in [1.82, 2.24) is 30.7 Å². The molecule has 11 nitrogen and oxygen atoms in total. The summed E-state index contributed by atoms with van der Waals surface area (Å²) in [6.45, 7) is 10.9. The van der Waals surface area contributed by atoms with E-state index in [4.69, 9.17) is 0 Å². The van der Waals surface area contributed by atoms with E-state index in [1.54, 1.807) is 11.3 Å². The first-order valence-electron chi connectivity index (χ1n) is 15.5. The molecule has 4 N–H and O–H groups in total. The number of aryl methyl sites for hydroxylation is 1. The van der Waals surface area contributed by atoms with Gasteiger partial charge in [-0.1, -0.05) is 45.0 Å². The predicted molar refractivity (Wildman–Crippen MR) is 170 cm³/mol. The highest BCUT2D eigenvalue weighted by atomic mass is 32.1. The van der Waals surface area contributed by atoms with Crippen LogP contribution in [0.5, 0.6) is 0 Å². The predicted octanol–water partition coefficient (Wildman–Crippen LogP) is 2.22. The molecule has 4 amide bonds. The van der Waals surface area contributed by atoms with Gasteiger partial charge in [0, 0.05) is 58.5 Å². The smallest absolute Gasteiger partial charge is 0.246 e. The first-order chi connectivity index (χ1) is 20.9. The molecule has 0 saturated carbocycles. The summed E-state index contributed by atoms with van der Waals surface area (Å²) in [5.74, 6) is -0.897. The Morgan fingerprint density at radius 2 is 1.77 bits per heavy atom. The number of nitrogens with one attached hydrogen (secondary N) is 3. The number of aromatic nitrogens is 1. The van der Waals surface area contributed by atoms with E-state index in [0.717, 1.165) is 34.8 Å². The Bertz CT molecular complexity index is 1300. The lowest BCUT2D eigenvalue weighted by molar-refractivity contribution is -0.144. The minimum atomic E-state index is -0.874. The Morgan fingerprint density at radius 3 is 2.41 bits per heavy atom. The number of likely N-dealkylation sites (tertiary alicyclic amines) is 1. The number of thiazole rings is 1. The summed E-state index contributed by atoms with van der Waals surface area (Å²) >= 11 is 1.58. The molecule has 0 spiro atoms. The largest absolute Gasteiger partial charge is 0.391 e. The van der Waals surface area contributed by atoms with E-state index in [-0.39, 0.29) is 49.6 Å². The number of carbonyl (C=O) groups is 4. The number of hydrogen-bond acceptors (Lipinski definition) is 8. The molecule has 2 aliphatic heterocycles. The molecule has 12 heteroatoms. The zero-order valence-corrected chi connectivity index (χ0v) is 27.0. The van der Waals surface area contributed by atoms with Gasteiger partial charge in [-0.15, -0.1) is 11.3 Å². The van der Waals surface area contributed by atoms with Crippen LogP contribution >= 0.6 is 11.3 Å². The topological polar surface area (TPSA) is 144 Å². The van der Waals surface area contributed by atoms with E-state index >= 15 is 0 Å². The fourth-order valence-corrected chi connectivity index (χ4v) is 6.46. The standard InChI is InChI=1S/C32H46N6O5S/c1-21-28(44-20-35-21)23-11-9-22(10-12-23)18-34-30(42)25-17-24(39)19-38(25)31(43)29(32(2,3)4)36-26(40)7-5-6-8-27(41)37-15-13-33-14-16-37/h9-12,20,24-25,29,33,39H,5-8,13-19H2,1-4H3,(H,34,42)(H,36,40)/t24-,25+,29-/m1/s1. The van der Waals surface area contributed by atoms with Crippen molar-refractivity contribution in [3.05, 3.63) is 41.0 Å². The van der Waals surface area contributed by atoms with Crippen molar-refractivity contribution in [2.24, 2.45) is 5.41 Å². The third kappa shape index (κ3) is 8.86. The maximum Gasteiger partial charge on any atom is 0.246 e. The van der Waals surface area contributed by atoms with Gasteiger partial charge in [-0.05, 0) is 36.3 Å². The van der Waals surface area contributed by atoms with Gasteiger partial charge in [0.05, 0.1) is 22.2 Å². The number of carbonyl (C=O) groups excluding carboxylic acids is 4. The highest BCUT2D eigenvalue weighted by Crippen LogP contribution is 2.28. The third-order valence-corrected chi connectivity index (χ3v) is 9.20. The average molecular weight is 627 g/mol. The van der Waals surface area contributed by atoms with E-state index in [2.05, 4.69) is 20.9 Å². The minimum Gasteiger partial charge on any atom is -0.391 e. The second kappa shape index (κ2) is 15.1. The number of unbranched alkanes of at least 4 members (excludes halogenated alkanes) is 1. The van der Waals surface area contributed by atoms with Crippen LogP contribution in [0.4, 0.5) is 0 Å². The van der Waals surface area contributed by atoms with Crippen LogP contribution in [0.2, 0.25) is 0 Å². The van der Waals surface area contributed by atoms with E-state index in [1.165, 1.54) is 4.90 Å². The van der Waals surface area contributed by atoms with Crippen molar-refractivity contribution in [3.63, 3.8) is 0 Å². The quantitative estimate of drug-likeness (QED) is 0.280. The van der Waals surface area contributed by atoms with Crippen molar-refractivity contribution in [2.75, 3.05) is 32.7 Å². The maximum atomic E-state index is 13.8. The van der Waals surface area contributed by atoms with Crippen LogP contribution in [-0.4, -0.2) is 94.4 Å². The van der Waals surface area contributed by atoms with Crippen LogP contribution < -0.4 is 16.0 Å². The summed E-state index contributed by atoms with van der Waals surface area (Å²) < 4.78 is 0. The number of rotatable bonds is 11. The molecule has 3 heterocycles. The number of piperazine rings is 1. The molecule has 2 aromatic rings.